The van der Waals surface area contributed by atoms with Gasteiger partial charge in [0.1, 0.15) is 5.69 Å². The highest BCUT2D eigenvalue weighted by Crippen LogP contribution is 2.46. The van der Waals surface area contributed by atoms with Gasteiger partial charge in [0.15, 0.2) is 12.4 Å². The summed E-state index contributed by atoms with van der Waals surface area (Å²) in [5.41, 5.74) is 2.17. The zero-order valence-corrected chi connectivity index (χ0v) is 17.4. The van der Waals surface area contributed by atoms with Crippen LogP contribution in [0.15, 0.2) is 41.8 Å². The van der Waals surface area contributed by atoms with Crippen molar-refractivity contribution < 1.29 is 0 Å². The van der Waals surface area contributed by atoms with Gasteiger partial charge in [-0.25, -0.2) is 0 Å². The van der Waals surface area contributed by atoms with Crippen molar-refractivity contribution in [2.75, 3.05) is 25.1 Å². The molecular formula is C23H31N3OS. The first-order chi connectivity index (χ1) is 13.7. The zero-order valence-electron chi connectivity index (χ0n) is 16.6. The first-order valence-electron chi connectivity index (χ1n) is 10.9. The molecule has 1 aromatic heterocycles. The lowest BCUT2D eigenvalue weighted by molar-refractivity contribution is 0.0304. The Kier molecular flexibility index (Phi) is 4.95. The van der Waals surface area contributed by atoms with Gasteiger partial charge in [-0.2, -0.15) is 0 Å². The monoisotopic (exact) mass is 397 g/mol. The van der Waals surface area contributed by atoms with Gasteiger partial charge in [0.25, 0.3) is 0 Å². The molecule has 1 N–H and O–H groups in total. The van der Waals surface area contributed by atoms with Crippen LogP contribution in [0.2, 0.25) is 0 Å². The number of benzene rings is 1. The van der Waals surface area contributed by atoms with Gasteiger partial charge in [-0.15, -0.1) is 11.3 Å². The van der Waals surface area contributed by atoms with Gasteiger partial charge < -0.3 is 15.2 Å². The topological polar surface area (TPSA) is 38.3 Å². The van der Waals surface area contributed by atoms with Crippen molar-refractivity contribution in [3.05, 3.63) is 51.9 Å². The lowest BCUT2D eigenvalue weighted by atomic mass is 9.84. The van der Waals surface area contributed by atoms with Gasteiger partial charge in [0.05, 0.1) is 11.6 Å². The zero-order chi connectivity index (χ0) is 19.0. The summed E-state index contributed by atoms with van der Waals surface area (Å²) >= 11 is 1.93. The average molecular weight is 398 g/mol. The van der Waals surface area contributed by atoms with Crippen LogP contribution in [0.4, 0.5) is 11.4 Å². The third-order valence-corrected chi connectivity index (χ3v) is 8.45. The van der Waals surface area contributed by atoms with Crippen LogP contribution in [0.3, 0.4) is 0 Å². The maximum absolute atomic E-state index is 13.8. The molecule has 1 saturated heterocycles. The number of hydroxylamine groups is 2. The first kappa shape index (κ1) is 18.6. The maximum atomic E-state index is 13.8. The highest BCUT2D eigenvalue weighted by Gasteiger charge is 2.45. The second-order valence-corrected chi connectivity index (χ2v) is 9.74. The van der Waals surface area contributed by atoms with E-state index in [0.29, 0.717) is 6.67 Å². The molecule has 0 amide bonds. The summed E-state index contributed by atoms with van der Waals surface area (Å²) in [5.74, 6) is 0. The number of rotatable bonds is 3. The van der Waals surface area contributed by atoms with Gasteiger partial charge in [0, 0.05) is 36.9 Å². The number of fused-ring (bicyclic) bond motifs is 1. The number of nitrogens with one attached hydrogen (secondary N) is 1. The molecule has 0 bridgehead atoms. The van der Waals surface area contributed by atoms with E-state index in [4.69, 9.17) is 0 Å². The van der Waals surface area contributed by atoms with Crippen LogP contribution in [-0.2, 0) is 5.54 Å². The molecule has 2 fully saturated rings. The number of piperidine rings is 1. The van der Waals surface area contributed by atoms with Crippen molar-refractivity contribution in [3.63, 3.8) is 0 Å². The number of anilines is 1. The molecule has 3 heterocycles. The van der Waals surface area contributed by atoms with Crippen LogP contribution in [0, 0.1) is 5.21 Å². The molecule has 1 aromatic carbocycles. The van der Waals surface area contributed by atoms with Crippen molar-refractivity contribution in [2.45, 2.75) is 62.9 Å². The Morgan fingerprint density at radius 3 is 2.46 bits per heavy atom. The van der Waals surface area contributed by atoms with E-state index >= 15 is 0 Å². The summed E-state index contributed by atoms with van der Waals surface area (Å²) in [6, 6.07) is 12.8. The van der Waals surface area contributed by atoms with Crippen molar-refractivity contribution in [1.82, 2.24) is 9.55 Å². The molecule has 2 aromatic rings. The van der Waals surface area contributed by atoms with E-state index in [-0.39, 0.29) is 16.2 Å². The van der Waals surface area contributed by atoms with Crippen molar-refractivity contribution in [3.8, 4) is 0 Å². The molecule has 0 radical (unpaired) electrons. The summed E-state index contributed by atoms with van der Waals surface area (Å²) in [7, 11) is 0. The Hall–Kier alpha value is -1.40. The number of likely N-dealkylation sites (tertiary alicyclic amines) is 1. The van der Waals surface area contributed by atoms with E-state index in [9.17, 15) is 5.21 Å². The van der Waals surface area contributed by atoms with Gasteiger partial charge in [0.2, 0.25) is 0 Å². The highest BCUT2D eigenvalue weighted by atomic mass is 32.1. The average Bonchev–Trinajstić information content (AvgIpc) is 3.32. The van der Waals surface area contributed by atoms with Gasteiger partial charge in [-0.3, -0.25) is 4.90 Å². The first-order valence-corrected chi connectivity index (χ1v) is 11.8. The summed E-state index contributed by atoms with van der Waals surface area (Å²) in [4.78, 5) is 4.30. The van der Waals surface area contributed by atoms with Crippen LogP contribution in [0.5, 0.6) is 0 Å². The van der Waals surface area contributed by atoms with E-state index in [1.54, 1.807) is 4.88 Å². The molecule has 1 aliphatic carbocycles. The third-order valence-electron chi connectivity index (χ3n) is 7.39. The second kappa shape index (κ2) is 7.45. The predicted molar refractivity (Wildman–Crippen MR) is 118 cm³/mol. The van der Waals surface area contributed by atoms with Gasteiger partial charge in [-0.05, 0) is 30.4 Å². The minimum Gasteiger partial charge on any atom is -0.626 e. The fourth-order valence-corrected chi connectivity index (χ4v) is 6.87. The molecule has 28 heavy (non-hydrogen) atoms. The molecule has 1 unspecified atom stereocenters. The highest BCUT2D eigenvalue weighted by molar-refractivity contribution is 7.10. The summed E-state index contributed by atoms with van der Waals surface area (Å²) in [5, 5.41) is 19.4. The Balaban J connectivity index is 1.36. The van der Waals surface area contributed by atoms with E-state index in [1.165, 1.54) is 38.5 Å². The smallest absolute Gasteiger partial charge is 0.158 e. The van der Waals surface area contributed by atoms with Crippen LogP contribution in [-0.4, -0.2) is 30.7 Å². The minimum atomic E-state index is -0.185. The number of hydrogen-bond acceptors (Lipinski definition) is 4. The predicted octanol–water partition coefficient (Wildman–Crippen LogP) is 5.65. The minimum absolute atomic E-state index is 0.165. The maximum Gasteiger partial charge on any atom is 0.158 e. The molecule has 4 nitrogen and oxygen atoms in total. The number of thiophene rings is 1. The van der Waals surface area contributed by atoms with Crippen LogP contribution < -0.4 is 9.96 Å². The molecular weight excluding hydrogens is 366 g/mol. The lowest BCUT2D eigenvalue weighted by Crippen LogP contribution is -2.58. The molecule has 5 rings (SSSR count). The van der Waals surface area contributed by atoms with Crippen molar-refractivity contribution in [1.29, 1.82) is 0 Å². The summed E-state index contributed by atoms with van der Waals surface area (Å²) < 4.78 is -0.185. The molecule has 1 atom stereocenters. The Morgan fingerprint density at radius 2 is 1.75 bits per heavy atom. The molecule has 1 saturated carbocycles. The van der Waals surface area contributed by atoms with E-state index in [1.807, 2.05) is 35.6 Å². The number of quaternary nitrogens is 1. The lowest BCUT2D eigenvalue weighted by Gasteiger charge is -2.51. The van der Waals surface area contributed by atoms with Gasteiger partial charge in [-0.1, -0.05) is 43.9 Å². The fraction of sp³-hybridized carbons (Fsp3) is 0.565. The summed E-state index contributed by atoms with van der Waals surface area (Å²) in [6.07, 6.45) is 9.94. The standard InChI is InChI=1S/C23H31N3OS/c27-26(18-24-20-8-3-4-9-21(20)26)19-11-15-25(16-12-19)23(22-10-7-17-28-22)13-5-1-2-6-14-23/h3-4,7-10,17,19,24H,1-2,5-6,11-16,18H2. The molecule has 2 aliphatic heterocycles. The van der Waals surface area contributed by atoms with E-state index in [0.717, 1.165) is 37.3 Å². The van der Waals surface area contributed by atoms with Crippen LogP contribution >= 0.6 is 11.3 Å². The van der Waals surface area contributed by atoms with Gasteiger partial charge >= 0.3 is 0 Å². The summed E-state index contributed by atoms with van der Waals surface area (Å²) in [6.45, 7) is 2.58. The molecule has 150 valence electrons. The SMILES string of the molecule is [O-][N+]1(C2CCN(C3(c4cccs4)CCCCCC3)CC2)CNc2ccccc21. The van der Waals surface area contributed by atoms with Crippen LogP contribution in [0.25, 0.3) is 0 Å². The molecule has 5 heteroatoms. The number of hydrogen-bond donors (Lipinski definition) is 1. The quantitative estimate of drug-likeness (QED) is 0.413. The normalized spacial score (nSPS) is 28.5. The van der Waals surface area contributed by atoms with Crippen molar-refractivity contribution >= 4 is 22.7 Å². The molecule has 0 spiro atoms. The number of nitrogens with zero attached hydrogens (tertiary/aromatic N) is 2. The van der Waals surface area contributed by atoms with E-state index < -0.39 is 0 Å². The van der Waals surface area contributed by atoms with E-state index in [2.05, 4.69) is 27.7 Å². The largest absolute Gasteiger partial charge is 0.626 e. The molecule has 3 aliphatic rings. The Labute approximate surface area is 172 Å². The van der Waals surface area contributed by atoms with Crippen LogP contribution in [0.1, 0.15) is 56.2 Å². The second-order valence-electron chi connectivity index (χ2n) is 8.79. The fourth-order valence-electron chi connectivity index (χ4n) is 5.85. The van der Waals surface area contributed by atoms with Crippen molar-refractivity contribution in [2.24, 2.45) is 0 Å². The number of para-hydroxylation sites is 2. The Morgan fingerprint density at radius 1 is 1.00 bits per heavy atom. The Bertz CT molecular complexity index is 792. The third kappa shape index (κ3) is 3.00.